The first kappa shape index (κ1) is 17.5. The first-order valence-corrected chi connectivity index (χ1v) is 8.24. The summed E-state index contributed by atoms with van der Waals surface area (Å²) in [5.41, 5.74) is 3.74. The second-order valence-corrected chi connectivity index (χ2v) is 6.27. The lowest BCUT2D eigenvalue weighted by Crippen LogP contribution is -2.34. The number of rotatable bonds is 4. The molecule has 0 aliphatic heterocycles. The van der Waals surface area contributed by atoms with Gasteiger partial charge in [0.05, 0.1) is 23.4 Å². The van der Waals surface area contributed by atoms with Crippen LogP contribution in [-0.4, -0.2) is 40.9 Å². The summed E-state index contributed by atoms with van der Waals surface area (Å²) in [7, 11) is 3.32. The third kappa shape index (κ3) is 3.83. The van der Waals surface area contributed by atoms with Crippen molar-refractivity contribution in [1.29, 1.82) is 0 Å². The molecule has 0 atom stereocenters. The van der Waals surface area contributed by atoms with Gasteiger partial charge in [0.1, 0.15) is 0 Å². The molecule has 0 fully saturated rings. The van der Waals surface area contributed by atoms with Crippen LogP contribution in [0.5, 0.6) is 0 Å². The number of hydrogen-bond acceptors (Lipinski definition) is 3. The maximum absolute atomic E-state index is 12.6. The van der Waals surface area contributed by atoms with Crippen LogP contribution in [0.25, 0.3) is 10.9 Å². The Kier molecular flexibility index (Phi) is 4.88. The van der Waals surface area contributed by atoms with E-state index in [-0.39, 0.29) is 18.5 Å². The normalized spacial score (nSPS) is 10.6. The van der Waals surface area contributed by atoms with Crippen molar-refractivity contribution in [2.75, 3.05) is 19.4 Å². The number of fused-ring (bicyclic) bond motifs is 1. The maximum atomic E-state index is 12.6. The molecular weight excluding hydrogens is 330 g/mol. The van der Waals surface area contributed by atoms with E-state index in [1.807, 2.05) is 31.2 Å². The predicted octanol–water partition coefficient (Wildman–Crippen LogP) is 2.89. The Labute approximate surface area is 151 Å². The lowest BCUT2D eigenvalue weighted by molar-refractivity contribution is 0.102. The number of urea groups is 1. The molecule has 3 aromatic rings. The Morgan fingerprint density at radius 1 is 1.19 bits per heavy atom. The number of carbonyl (C=O) groups is 2. The van der Waals surface area contributed by atoms with Crippen LogP contribution >= 0.6 is 0 Å². The first-order chi connectivity index (χ1) is 12.4. The van der Waals surface area contributed by atoms with Gasteiger partial charge in [0.2, 0.25) is 0 Å². The molecule has 3 amide bonds. The van der Waals surface area contributed by atoms with E-state index in [4.69, 9.17) is 0 Å². The van der Waals surface area contributed by atoms with Gasteiger partial charge >= 0.3 is 6.03 Å². The van der Waals surface area contributed by atoms with E-state index < -0.39 is 0 Å². The average Bonchev–Trinajstić information content (AvgIpc) is 3.01. The van der Waals surface area contributed by atoms with Crippen LogP contribution < -0.4 is 10.6 Å². The third-order valence-electron chi connectivity index (χ3n) is 3.94. The quantitative estimate of drug-likeness (QED) is 0.675. The van der Waals surface area contributed by atoms with Gasteiger partial charge in [0, 0.05) is 36.9 Å². The van der Waals surface area contributed by atoms with Crippen molar-refractivity contribution >= 4 is 28.5 Å². The molecule has 0 radical (unpaired) electrons. The average molecular weight is 351 g/mol. The molecule has 26 heavy (non-hydrogen) atoms. The number of H-pyrrole nitrogens is 1. The van der Waals surface area contributed by atoms with Gasteiger partial charge < -0.3 is 20.5 Å². The van der Waals surface area contributed by atoms with Crippen molar-refractivity contribution in [2.45, 2.75) is 13.5 Å². The second-order valence-electron chi connectivity index (χ2n) is 6.27. The Morgan fingerprint density at radius 3 is 2.77 bits per heavy atom. The minimum Gasteiger partial charge on any atom is -0.357 e. The van der Waals surface area contributed by atoms with Crippen LogP contribution in [0.1, 0.15) is 21.7 Å². The van der Waals surface area contributed by atoms with Crippen LogP contribution in [0, 0.1) is 6.92 Å². The third-order valence-corrected chi connectivity index (χ3v) is 3.94. The number of amides is 3. The van der Waals surface area contributed by atoms with Gasteiger partial charge in [-0.25, -0.2) is 4.79 Å². The minimum absolute atomic E-state index is 0.213. The number of aromatic nitrogens is 2. The number of aromatic amines is 1. The summed E-state index contributed by atoms with van der Waals surface area (Å²) in [4.78, 5) is 33.1. The second kappa shape index (κ2) is 7.26. The van der Waals surface area contributed by atoms with Crippen molar-refractivity contribution in [1.82, 2.24) is 20.2 Å². The zero-order chi connectivity index (χ0) is 18.7. The Morgan fingerprint density at radius 2 is 2.00 bits per heavy atom. The molecular formula is C19H21N5O2. The standard InChI is InChI=1S/C19H21N5O2/c1-12-9-13-5-4-6-16(17(13)22-12)23-18(25)14-7-8-20-15(10-14)11-21-19(26)24(2)3/h4-10,22H,11H2,1-3H3,(H,21,26)(H,23,25). The number of aryl methyl sites for hydroxylation is 1. The fourth-order valence-corrected chi connectivity index (χ4v) is 2.64. The first-order valence-electron chi connectivity index (χ1n) is 8.24. The van der Waals surface area contributed by atoms with E-state index >= 15 is 0 Å². The van der Waals surface area contributed by atoms with Gasteiger partial charge in [-0.15, -0.1) is 0 Å². The van der Waals surface area contributed by atoms with Gasteiger partial charge in [-0.2, -0.15) is 0 Å². The monoisotopic (exact) mass is 351 g/mol. The molecule has 0 spiro atoms. The minimum atomic E-state index is -0.229. The lowest BCUT2D eigenvalue weighted by Gasteiger charge is -2.12. The SMILES string of the molecule is Cc1cc2cccc(NC(=O)c3ccnc(CNC(=O)N(C)C)c3)c2[nH]1. The summed E-state index contributed by atoms with van der Waals surface area (Å²) in [5, 5.41) is 6.70. The summed E-state index contributed by atoms with van der Waals surface area (Å²) < 4.78 is 0. The highest BCUT2D eigenvalue weighted by atomic mass is 16.2. The van der Waals surface area contributed by atoms with Gasteiger partial charge in [0.25, 0.3) is 5.91 Å². The summed E-state index contributed by atoms with van der Waals surface area (Å²) in [6.45, 7) is 2.23. The van der Waals surface area contributed by atoms with E-state index in [9.17, 15) is 9.59 Å². The molecule has 7 heteroatoms. The van der Waals surface area contributed by atoms with E-state index in [2.05, 4.69) is 20.6 Å². The molecule has 2 aromatic heterocycles. The summed E-state index contributed by atoms with van der Waals surface area (Å²) >= 11 is 0. The number of para-hydroxylation sites is 1. The van der Waals surface area contributed by atoms with E-state index in [0.717, 1.165) is 22.3 Å². The van der Waals surface area contributed by atoms with Crippen LogP contribution in [0.4, 0.5) is 10.5 Å². The Balaban J connectivity index is 1.75. The number of nitrogens with one attached hydrogen (secondary N) is 3. The molecule has 0 aliphatic carbocycles. The van der Waals surface area contributed by atoms with Crippen molar-refractivity contribution in [3.05, 3.63) is 59.5 Å². The Bertz CT molecular complexity index is 961. The van der Waals surface area contributed by atoms with Gasteiger partial charge in [0.15, 0.2) is 0 Å². The van der Waals surface area contributed by atoms with Crippen molar-refractivity contribution in [2.24, 2.45) is 0 Å². The molecule has 0 saturated carbocycles. The van der Waals surface area contributed by atoms with Crippen LogP contribution in [-0.2, 0) is 6.54 Å². The van der Waals surface area contributed by atoms with Gasteiger partial charge in [-0.1, -0.05) is 12.1 Å². The zero-order valence-electron chi connectivity index (χ0n) is 15.0. The fourth-order valence-electron chi connectivity index (χ4n) is 2.64. The summed E-state index contributed by atoms with van der Waals surface area (Å²) in [6, 6.07) is 10.9. The van der Waals surface area contributed by atoms with Crippen molar-refractivity contribution < 1.29 is 9.59 Å². The molecule has 0 saturated heterocycles. The molecule has 0 bridgehead atoms. The predicted molar refractivity (Wildman–Crippen MR) is 101 cm³/mol. The zero-order valence-corrected chi connectivity index (χ0v) is 15.0. The van der Waals surface area contributed by atoms with Crippen LogP contribution in [0.2, 0.25) is 0 Å². The molecule has 0 unspecified atom stereocenters. The number of anilines is 1. The highest BCUT2D eigenvalue weighted by Crippen LogP contribution is 2.24. The van der Waals surface area contributed by atoms with Gasteiger partial charge in [-0.05, 0) is 31.2 Å². The van der Waals surface area contributed by atoms with E-state index in [1.54, 1.807) is 32.4 Å². The molecule has 1 aromatic carbocycles. The summed E-state index contributed by atoms with van der Waals surface area (Å²) in [6.07, 6.45) is 1.56. The maximum Gasteiger partial charge on any atom is 0.317 e. The van der Waals surface area contributed by atoms with Crippen molar-refractivity contribution in [3.8, 4) is 0 Å². The highest BCUT2D eigenvalue weighted by Gasteiger charge is 2.11. The molecule has 0 aliphatic rings. The molecule has 7 nitrogen and oxygen atoms in total. The molecule has 134 valence electrons. The van der Waals surface area contributed by atoms with Crippen LogP contribution in [0.3, 0.4) is 0 Å². The van der Waals surface area contributed by atoms with Crippen LogP contribution in [0.15, 0.2) is 42.6 Å². The fraction of sp³-hybridized carbons (Fsp3) is 0.211. The van der Waals surface area contributed by atoms with Gasteiger partial charge in [-0.3, -0.25) is 9.78 Å². The Hall–Kier alpha value is -3.35. The molecule has 3 rings (SSSR count). The van der Waals surface area contributed by atoms with E-state index in [1.165, 1.54) is 4.90 Å². The number of hydrogen-bond donors (Lipinski definition) is 3. The topological polar surface area (TPSA) is 90.1 Å². The number of benzene rings is 1. The lowest BCUT2D eigenvalue weighted by atomic mass is 10.2. The molecule has 2 heterocycles. The molecule has 3 N–H and O–H groups in total. The van der Waals surface area contributed by atoms with Crippen molar-refractivity contribution in [3.63, 3.8) is 0 Å². The largest absolute Gasteiger partial charge is 0.357 e. The number of carbonyl (C=O) groups excluding carboxylic acids is 2. The number of pyridine rings is 1. The smallest absolute Gasteiger partial charge is 0.317 e. The summed E-state index contributed by atoms with van der Waals surface area (Å²) in [5.74, 6) is -0.229. The number of nitrogens with zero attached hydrogens (tertiary/aromatic N) is 2. The highest BCUT2D eigenvalue weighted by molar-refractivity contribution is 6.08. The van der Waals surface area contributed by atoms with E-state index in [0.29, 0.717) is 11.3 Å².